The molecular weight excluding hydrogens is 322 g/mol. The molecule has 1 aromatic carbocycles. The van der Waals surface area contributed by atoms with Crippen LogP contribution < -0.4 is 4.72 Å². The predicted octanol–water partition coefficient (Wildman–Crippen LogP) is 4.22. The molecule has 17 heavy (non-hydrogen) atoms. The Morgan fingerprint density at radius 2 is 2.00 bits per heavy atom. The summed E-state index contributed by atoms with van der Waals surface area (Å²) in [5, 5.41) is 0.672. The Morgan fingerprint density at radius 1 is 1.41 bits per heavy atom. The molecule has 1 N–H and O–H groups in total. The maximum atomic E-state index is 12.0. The van der Waals surface area contributed by atoms with Crippen LogP contribution in [0.5, 0.6) is 0 Å². The van der Waals surface area contributed by atoms with Gasteiger partial charge in [-0.3, -0.25) is 0 Å². The van der Waals surface area contributed by atoms with Crippen molar-refractivity contribution in [3.05, 3.63) is 33.3 Å². The zero-order chi connectivity index (χ0) is 13.2. The first-order valence-corrected chi connectivity index (χ1v) is 7.67. The van der Waals surface area contributed by atoms with E-state index in [0.29, 0.717) is 5.02 Å². The van der Waals surface area contributed by atoms with Gasteiger partial charge in [0.1, 0.15) is 4.75 Å². The van der Waals surface area contributed by atoms with Gasteiger partial charge in [0.05, 0.1) is 6.04 Å². The zero-order valence-corrected chi connectivity index (χ0v) is 13.5. The van der Waals surface area contributed by atoms with Gasteiger partial charge in [0.15, 0.2) is 0 Å². The third-order valence-corrected chi connectivity index (χ3v) is 4.77. The van der Waals surface area contributed by atoms with Crippen molar-refractivity contribution in [3.8, 4) is 0 Å². The Morgan fingerprint density at radius 3 is 2.47 bits per heavy atom. The molecule has 0 radical (unpaired) electrons. The van der Waals surface area contributed by atoms with E-state index in [9.17, 15) is 4.55 Å². The molecular formula is C12H17BrClNOS. The lowest BCUT2D eigenvalue weighted by molar-refractivity contribution is 0.531. The average molecular weight is 339 g/mol. The Balaban J connectivity index is 2.80. The van der Waals surface area contributed by atoms with Crippen molar-refractivity contribution in [2.24, 2.45) is 0 Å². The maximum Gasteiger partial charge on any atom is 0.136 e. The van der Waals surface area contributed by atoms with Crippen LogP contribution in [0.2, 0.25) is 5.02 Å². The number of hydrogen-bond donors (Lipinski definition) is 1. The van der Waals surface area contributed by atoms with Crippen molar-refractivity contribution in [2.45, 2.75) is 38.5 Å². The maximum absolute atomic E-state index is 12.0. The molecule has 2 atom stereocenters. The topological polar surface area (TPSA) is 35.1 Å². The van der Waals surface area contributed by atoms with Gasteiger partial charge in [-0.05, 0) is 45.4 Å². The van der Waals surface area contributed by atoms with Crippen LogP contribution in [0.1, 0.15) is 39.3 Å². The average Bonchev–Trinajstić information content (AvgIpc) is 2.15. The molecule has 0 aliphatic rings. The molecule has 0 amide bonds. The van der Waals surface area contributed by atoms with Crippen LogP contribution >= 0.6 is 27.5 Å². The van der Waals surface area contributed by atoms with Crippen LogP contribution in [-0.4, -0.2) is 9.30 Å². The highest BCUT2D eigenvalue weighted by molar-refractivity contribution is 9.10. The van der Waals surface area contributed by atoms with Crippen molar-refractivity contribution in [1.82, 2.24) is 4.72 Å². The highest BCUT2D eigenvalue weighted by Crippen LogP contribution is 2.27. The van der Waals surface area contributed by atoms with Crippen LogP contribution in [-0.2, 0) is 11.4 Å². The quantitative estimate of drug-likeness (QED) is 0.838. The van der Waals surface area contributed by atoms with Gasteiger partial charge in [-0.2, -0.15) is 0 Å². The van der Waals surface area contributed by atoms with Crippen LogP contribution in [0.25, 0.3) is 0 Å². The van der Waals surface area contributed by atoms with E-state index in [1.54, 1.807) is 0 Å². The van der Waals surface area contributed by atoms with Gasteiger partial charge in [-0.25, -0.2) is 0 Å². The van der Waals surface area contributed by atoms with Crippen molar-refractivity contribution in [2.75, 3.05) is 0 Å². The molecule has 0 saturated carbocycles. The molecule has 5 heteroatoms. The fourth-order valence-corrected chi connectivity index (χ4v) is 2.89. The predicted molar refractivity (Wildman–Crippen MR) is 78.6 cm³/mol. The van der Waals surface area contributed by atoms with Gasteiger partial charge in [0, 0.05) is 20.9 Å². The molecule has 2 nitrogen and oxygen atoms in total. The van der Waals surface area contributed by atoms with Gasteiger partial charge in [0.2, 0.25) is 0 Å². The van der Waals surface area contributed by atoms with E-state index in [4.69, 9.17) is 11.6 Å². The van der Waals surface area contributed by atoms with E-state index in [0.717, 1.165) is 10.0 Å². The second kappa shape index (κ2) is 5.93. The molecule has 1 unspecified atom stereocenters. The van der Waals surface area contributed by atoms with Crippen molar-refractivity contribution in [1.29, 1.82) is 0 Å². The third kappa shape index (κ3) is 4.45. The summed E-state index contributed by atoms with van der Waals surface area (Å²) in [6, 6.07) is 5.66. The Hall–Kier alpha value is 0.260. The molecule has 1 rings (SSSR count). The zero-order valence-electron chi connectivity index (χ0n) is 10.4. The van der Waals surface area contributed by atoms with Gasteiger partial charge >= 0.3 is 0 Å². The lowest BCUT2D eigenvalue weighted by atomic mass is 10.1. The molecule has 96 valence electrons. The second-order valence-electron chi connectivity index (χ2n) is 4.89. The van der Waals surface area contributed by atoms with E-state index >= 15 is 0 Å². The Bertz CT molecular complexity index is 395. The number of nitrogens with one attached hydrogen (secondary N) is 1. The second-order valence-corrected chi connectivity index (χ2v) is 8.21. The summed E-state index contributed by atoms with van der Waals surface area (Å²) in [4.78, 5) is 0. The molecule has 0 saturated heterocycles. The minimum absolute atomic E-state index is 0.0457. The number of halogens is 2. The third-order valence-electron chi connectivity index (χ3n) is 2.27. The lowest BCUT2D eigenvalue weighted by Crippen LogP contribution is -2.40. The standard InChI is InChI=1S/C12H17BrClNOS/c1-8(15-17(16)12(2,3)4)10-6-5-9(13)7-11(10)14/h5-8,15H,1-4H3/t8-,17?/m1/s1. The summed E-state index contributed by atoms with van der Waals surface area (Å²) in [5.74, 6) is 0. The Labute approximate surface area is 120 Å². The first kappa shape index (κ1) is 15.3. The minimum atomic E-state index is -1.10. The summed E-state index contributed by atoms with van der Waals surface area (Å²) < 4.78 is 15.7. The molecule has 0 aliphatic carbocycles. The largest absolute Gasteiger partial charge is 0.598 e. The molecule has 0 aliphatic heterocycles. The summed E-state index contributed by atoms with van der Waals surface area (Å²) >= 11 is 8.41. The molecule has 0 fully saturated rings. The molecule has 0 spiro atoms. The number of hydrogen-bond acceptors (Lipinski definition) is 2. The summed E-state index contributed by atoms with van der Waals surface area (Å²) in [7, 11) is 0. The first-order chi connectivity index (χ1) is 7.71. The van der Waals surface area contributed by atoms with E-state index < -0.39 is 11.4 Å². The monoisotopic (exact) mass is 337 g/mol. The van der Waals surface area contributed by atoms with Gasteiger partial charge in [-0.15, -0.1) is 4.72 Å². The fourth-order valence-electron chi connectivity index (χ4n) is 1.25. The van der Waals surface area contributed by atoms with Crippen molar-refractivity contribution >= 4 is 38.9 Å². The minimum Gasteiger partial charge on any atom is -0.598 e. The smallest absolute Gasteiger partial charge is 0.136 e. The van der Waals surface area contributed by atoms with Gasteiger partial charge < -0.3 is 4.55 Å². The van der Waals surface area contributed by atoms with E-state index in [-0.39, 0.29) is 10.8 Å². The van der Waals surface area contributed by atoms with E-state index in [2.05, 4.69) is 20.7 Å². The van der Waals surface area contributed by atoms with Crippen LogP contribution in [0, 0.1) is 0 Å². The normalized spacial score (nSPS) is 15.7. The SMILES string of the molecule is C[C@@H](N[S+]([O-])C(C)(C)C)c1ccc(Br)cc1Cl. The highest BCUT2D eigenvalue weighted by atomic mass is 79.9. The number of benzene rings is 1. The van der Waals surface area contributed by atoms with Crippen LogP contribution in [0.3, 0.4) is 0 Å². The summed E-state index contributed by atoms with van der Waals surface area (Å²) in [6.07, 6.45) is 0. The van der Waals surface area contributed by atoms with Gasteiger partial charge in [0.25, 0.3) is 0 Å². The molecule has 0 bridgehead atoms. The Kier molecular flexibility index (Phi) is 5.35. The molecule has 0 aromatic heterocycles. The first-order valence-electron chi connectivity index (χ1n) is 5.35. The molecule has 0 heterocycles. The van der Waals surface area contributed by atoms with Crippen LogP contribution in [0.4, 0.5) is 0 Å². The van der Waals surface area contributed by atoms with E-state index in [1.165, 1.54) is 0 Å². The van der Waals surface area contributed by atoms with Crippen LogP contribution in [0.15, 0.2) is 22.7 Å². The highest BCUT2D eigenvalue weighted by Gasteiger charge is 2.28. The molecule has 1 aromatic rings. The van der Waals surface area contributed by atoms with E-state index in [1.807, 2.05) is 45.9 Å². The summed E-state index contributed by atoms with van der Waals surface area (Å²) in [6.45, 7) is 7.77. The lowest BCUT2D eigenvalue weighted by Gasteiger charge is -2.26. The van der Waals surface area contributed by atoms with Crippen molar-refractivity contribution < 1.29 is 4.55 Å². The number of rotatable bonds is 3. The van der Waals surface area contributed by atoms with Crippen molar-refractivity contribution in [3.63, 3.8) is 0 Å². The fraction of sp³-hybridized carbons (Fsp3) is 0.500. The van der Waals surface area contributed by atoms with Gasteiger partial charge in [-0.1, -0.05) is 33.6 Å². The summed E-state index contributed by atoms with van der Waals surface area (Å²) in [5.41, 5.74) is 0.951.